The lowest BCUT2D eigenvalue weighted by atomic mass is 10.2. The van der Waals surface area contributed by atoms with E-state index in [0.29, 0.717) is 6.04 Å². The molecule has 2 aromatic heterocycles. The maximum atomic E-state index is 4.68. The van der Waals surface area contributed by atoms with E-state index in [2.05, 4.69) is 54.4 Å². The molecule has 1 atom stereocenters. The Morgan fingerprint density at radius 2 is 2.04 bits per heavy atom. The first kappa shape index (κ1) is 16.9. The molecule has 1 N–H and O–H groups in total. The number of halogens is 1. The van der Waals surface area contributed by atoms with Gasteiger partial charge in [-0.15, -0.1) is 0 Å². The van der Waals surface area contributed by atoms with Crippen LogP contribution in [0.3, 0.4) is 0 Å². The van der Waals surface area contributed by atoms with Gasteiger partial charge in [-0.25, -0.2) is 4.98 Å². The second-order valence-electron chi connectivity index (χ2n) is 6.49. The summed E-state index contributed by atoms with van der Waals surface area (Å²) in [4.78, 5) is 9.65. The van der Waals surface area contributed by atoms with E-state index >= 15 is 0 Å². The Morgan fingerprint density at radius 1 is 1.26 bits per heavy atom. The lowest BCUT2D eigenvalue weighted by Gasteiger charge is -2.33. The molecule has 1 saturated heterocycles. The molecule has 1 unspecified atom stereocenters. The zero-order valence-corrected chi connectivity index (χ0v) is 15.6. The molecule has 6 heteroatoms. The van der Waals surface area contributed by atoms with Crippen LogP contribution >= 0.6 is 15.9 Å². The number of rotatable bonds is 6. The van der Waals surface area contributed by atoms with Crippen molar-refractivity contribution >= 4 is 21.6 Å². The maximum Gasteiger partial charge on any atom is 0.137 e. The molecule has 1 aliphatic rings. The van der Waals surface area contributed by atoms with Gasteiger partial charge in [0.1, 0.15) is 10.3 Å². The van der Waals surface area contributed by atoms with Gasteiger partial charge in [-0.3, -0.25) is 4.40 Å². The minimum atomic E-state index is 0.492. The van der Waals surface area contributed by atoms with Crippen molar-refractivity contribution in [1.82, 2.24) is 24.5 Å². The molecule has 0 bridgehead atoms. The first-order chi connectivity index (χ1) is 11.1. The summed E-state index contributed by atoms with van der Waals surface area (Å²) in [5, 5.41) is 3.61. The molecular weight excluding hydrogens is 354 g/mol. The number of nitrogens with zero attached hydrogens (tertiary/aromatic N) is 4. The van der Waals surface area contributed by atoms with E-state index in [4.69, 9.17) is 0 Å². The van der Waals surface area contributed by atoms with E-state index in [9.17, 15) is 0 Å². The van der Waals surface area contributed by atoms with Crippen LogP contribution in [0.1, 0.15) is 19.0 Å². The van der Waals surface area contributed by atoms with Crippen LogP contribution in [0.5, 0.6) is 0 Å². The van der Waals surface area contributed by atoms with Crippen molar-refractivity contribution in [3.05, 3.63) is 34.7 Å². The van der Waals surface area contributed by atoms with E-state index in [1.165, 1.54) is 39.1 Å². The van der Waals surface area contributed by atoms with Gasteiger partial charge in [0, 0.05) is 45.0 Å². The van der Waals surface area contributed by atoms with E-state index in [0.717, 1.165) is 22.5 Å². The summed E-state index contributed by atoms with van der Waals surface area (Å²) in [7, 11) is 2.20. The van der Waals surface area contributed by atoms with Crippen molar-refractivity contribution in [2.24, 2.45) is 0 Å². The fourth-order valence-electron chi connectivity index (χ4n) is 2.95. The van der Waals surface area contributed by atoms with Gasteiger partial charge < -0.3 is 15.1 Å². The second kappa shape index (κ2) is 7.75. The second-order valence-corrected chi connectivity index (χ2v) is 7.24. The Kier molecular flexibility index (Phi) is 5.69. The van der Waals surface area contributed by atoms with Crippen molar-refractivity contribution in [2.75, 3.05) is 39.8 Å². The molecule has 3 heterocycles. The van der Waals surface area contributed by atoms with Gasteiger partial charge in [0.05, 0.1) is 5.69 Å². The Labute approximate surface area is 146 Å². The van der Waals surface area contributed by atoms with Crippen LogP contribution in [0.4, 0.5) is 0 Å². The van der Waals surface area contributed by atoms with Crippen molar-refractivity contribution < 1.29 is 0 Å². The molecule has 0 spiro atoms. The number of likely N-dealkylation sites (N-methyl/N-ethyl adjacent to an activating group) is 1. The van der Waals surface area contributed by atoms with E-state index in [1.807, 2.05) is 24.4 Å². The number of pyridine rings is 1. The lowest BCUT2D eigenvalue weighted by molar-refractivity contribution is 0.149. The number of hydrogen-bond donors (Lipinski definition) is 1. The van der Waals surface area contributed by atoms with Crippen molar-refractivity contribution in [3.63, 3.8) is 0 Å². The zero-order valence-electron chi connectivity index (χ0n) is 14.0. The van der Waals surface area contributed by atoms with Crippen molar-refractivity contribution in [1.29, 1.82) is 0 Å². The summed E-state index contributed by atoms with van der Waals surface area (Å²) < 4.78 is 3.12. The minimum Gasteiger partial charge on any atom is -0.309 e. The highest BCUT2D eigenvalue weighted by molar-refractivity contribution is 9.10. The molecular formula is C17H26BrN5. The molecule has 1 aliphatic heterocycles. The van der Waals surface area contributed by atoms with Gasteiger partial charge in [-0.05, 0) is 55.0 Å². The number of nitrogens with one attached hydrogen (secondary N) is 1. The molecule has 1 fully saturated rings. The van der Waals surface area contributed by atoms with E-state index in [-0.39, 0.29) is 0 Å². The van der Waals surface area contributed by atoms with Gasteiger partial charge in [-0.2, -0.15) is 0 Å². The first-order valence-electron chi connectivity index (χ1n) is 8.39. The molecule has 0 aromatic carbocycles. The van der Waals surface area contributed by atoms with Gasteiger partial charge in [0.15, 0.2) is 0 Å². The first-order valence-corrected chi connectivity index (χ1v) is 9.18. The third kappa shape index (κ3) is 4.32. The third-order valence-electron chi connectivity index (χ3n) is 4.63. The van der Waals surface area contributed by atoms with Gasteiger partial charge in [0.2, 0.25) is 0 Å². The van der Waals surface area contributed by atoms with Crippen molar-refractivity contribution in [2.45, 2.75) is 25.9 Å². The molecule has 2 aromatic rings. The summed E-state index contributed by atoms with van der Waals surface area (Å²) in [6.07, 6.45) is 3.21. The Balaban J connectivity index is 1.46. The van der Waals surface area contributed by atoms with Crippen LogP contribution < -0.4 is 5.32 Å². The van der Waals surface area contributed by atoms with Crippen molar-refractivity contribution in [3.8, 4) is 0 Å². The zero-order chi connectivity index (χ0) is 16.2. The van der Waals surface area contributed by atoms with Crippen LogP contribution in [-0.4, -0.2) is 65.0 Å². The fourth-order valence-corrected chi connectivity index (χ4v) is 3.48. The summed E-state index contributed by atoms with van der Waals surface area (Å²) in [5.41, 5.74) is 2.06. The largest absolute Gasteiger partial charge is 0.309 e. The minimum absolute atomic E-state index is 0.492. The topological polar surface area (TPSA) is 35.8 Å². The molecule has 0 aliphatic carbocycles. The molecule has 0 radical (unpaired) electrons. The normalized spacial score (nSPS) is 18.6. The third-order valence-corrected chi connectivity index (χ3v) is 5.47. The molecule has 0 saturated carbocycles. The van der Waals surface area contributed by atoms with Crippen LogP contribution in [0.15, 0.2) is 29.0 Å². The van der Waals surface area contributed by atoms with Gasteiger partial charge in [0.25, 0.3) is 0 Å². The van der Waals surface area contributed by atoms with E-state index in [1.54, 1.807) is 0 Å². The SMILES string of the molecule is CC(CCN1CCN(C)CC1)NCc1nc2ccccn2c1Br. The summed E-state index contributed by atoms with van der Waals surface area (Å²) in [5.74, 6) is 0. The fraction of sp³-hybridized carbons (Fsp3) is 0.588. The number of fused-ring (bicyclic) bond motifs is 1. The Bertz CT molecular complexity index is 633. The predicted octanol–water partition coefficient (Wildman–Crippen LogP) is 2.21. The van der Waals surface area contributed by atoms with Crippen LogP contribution in [-0.2, 0) is 6.54 Å². The summed E-state index contributed by atoms with van der Waals surface area (Å²) in [6.45, 7) is 9.01. The van der Waals surface area contributed by atoms with Gasteiger partial charge in [-0.1, -0.05) is 6.07 Å². The number of hydrogen-bond acceptors (Lipinski definition) is 4. The molecule has 23 heavy (non-hydrogen) atoms. The monoisotopic (exact) mass is 379 g/mol. The number of aromatic nitrogens is 2. The Hall–Kier alpha value is -0.950. The number of imidazole rings is 1. The highest BCUT2D eigenvalue weighted by atomic mass is 79.9. The maximum absolute atomic E-state index is 4.68. The van der Waals surface area contributed by atoms with Crippen LogP contribution in [0.25, 0.3) is 5.65 Å². The standard InChI is InChI=1S/C17H26BrN5/c1-14(6-8-22-11-9-21(2)10-12-22)19-13-15-17(18)23-7-4-3-5-16(23)20-15/h3-5,7,14,19H,6,8-13H2,1-2H3. The summed E-state index contributed by atoms with van der Waals surface area (Å²) >= 11 is 3.66. The van der Waals surface area contributed by atoms with Gasteiger partial charge >= 0.3 is 0 Å². The lowest BCUT2D eigenvalue weighted by Crippen LogP contribution is -2.45. The Morgan fingerprint density at radius 3 is 2.78 bits per heavy atom. The van der Waals surface area contributed by atoms with E-state index < -0.39 is 0 Å². The summed E-state index contributed by atoms with van der Waals surface area (Å²) in [6, 6.07) is 6.57. The molecule has 3 rings (SSSR count). The van der Waals surface area contributed by atoms with Crippen LogP contribution in [0.2, 0.25) is 0 Å². The highest BCUT2D eigenvalue weighted by Gasteiger charge is 2.15. The highest BCUT2D eigenvalue weighted by Crippen LogP contribution is 2.18. The average Bonchev–Trinajstić information content (AvgIpc) is 2.89. The molecule has 0 amide bonds. The quantitative estimate of drug-likeness (QED) is 0.834. The number of piperazine rings is 1. The predicted molar refractivity (Wildman–Crippen MR) is 97.7 cm³/mol. The molecule has 5 nitrogen and oxygen atoms in total. The smallest absolute Gasteiger partial charge is 0.137 e. The molecule has 126 valence electrons. The van der Waals surface area contributed by atoms with Crippen LogP contribution in [0, 0.1) is 0 Å². The average molecular weight is 380 g/mol.